The lowest BCUT2D eigenvalue weighted by Crippen LogP contribution is -1.92. The van der Waals surface area contributed by atoms with Crippen LogP contribution in [0, 0.1) is 0 Å². The summed E-state index contributed by atoms with van der Waals surface area (Å²) in [5.74, 6) is 2.57. The van der Waals surface area contributed by atoms with E-state index in [9.17, 15) is 5.11 Å². The second-order valence-electron chi connectivity index (χ2n) is 2.02. The average molecular weight is 163 g/mol. The summed E-state index contributed by atoms with van der Waals surface area (Å²) in [5.41, 5.74) is 0. The number of hydrogen-bond donors (Lipinski definition) is 0. The van der Waals surface area contributed by atoms with Crippen LogP contribution < -0.4 is 0 Å². The third-order valence-electron chi connectivity index (χ3n) is 1.27. The van der Waals surface area contributed by atoms with Crippen molar-refractivity contribution in [3.05, 3.63) is 0 Å². The van der Waals surface area contributed by atoms with Crippen molar-refractivity contribution in [2.45, 2.75) is 17.4 Å². The van der Waals surface area contributed by atoms with E-state index in [1.165, 1.54) is 11.5 Å². The molecular formula is C6H11OS2. The molecule has 0 saturated carbocycles. The molecule has 1 saturated heterocycles. The quantitative estimate of drug-likeness (QED) is 0.634. The van der Waals surface area contributed by atoms with Crippen LogP contribution in [0.15, 0.2) is 0 Å². The minimum Gasteiger partial charge on any atom is -0.237 e. The maximum absolute atomic E-state index is 10.1. The van der Waals surface area contributed by atoms with Gasteiger partial charge >= 0.3 is 0 Å². The number of hydrogen-bond acceptors (Lipinski definition) is 2. The fourth-order valence-electron chi connectivity index (χ4n) is 0.824. The Hall–Kier alpha value is 0.660. The van der Waals surface area contributed by atoms with Crippen molar-refractivity contribution in [3.8, 4) is 0 Å². The summed E-state index contributed by atoms with van der Waals surface area (Å²) in [5, 5.41) is 10.1. The van der Waals surface area contributed by atoms with Gasteiger partial charge in [-0.3, -0.25) is 0 Å². The van der Waals surface area contributed by atoms with Crippen molar-refractivity contribution >= 4 is 23.5 Å². The minimum atomic E-state index is 0.109. The van der Waals surface area contributed by atoms with Gasteiger partial charge in [-0.1, -0.05) is 0 Å². The van der Waals surface area contributed by atoms with Crippen LogP contribution in [0.4, 0.5) is 0 Å². The first-order valence-corrected chi connectivity index (χ1v) is 5.34. The Balaban J connectivity index is 1.98. The fraction of sp³-hybridized carbons (Fsp3) is 1.00. The molecule has 3 heteroatoms. The molecule has 1 nitrogen and oxygen atoms in total. The standard InChI is InChI=1S/C6H11OS2/c7-3-1-2-6-8-4-5-9-6/h6H,1-5H2. The van der Waals surface area contributed by atoms with Gasteiger partial charge in [0.25, 0.3) is 0 Å². The van der Waals surface area contributed by atoms with Crippen LogP contribution in [0.1, 0.15) is 12.8 Å². The topological polar surface area (TPSA) is 19.9 Å². The van der Waals surface area contributed by atoms with Crippen molar-refractivity contribution in [1.82, 2.24) is 0 Å². The van der Waals surface area contributed by atoms with Gasteiger partial charge in [0, 0.05) is 11.5 Å². The zero-order valence-corrected chi connectivity index (χ0v) is 6.97. The van der Waals surface area contributed by atoms with E-state index in [-0.39, 0.29) is 6.61 Å². The summed E-state index contributed by atoms with van der Waals surface area (Å²) in [4.78, 5) is 0. The van der Waals surface area contributed by atoms with Gasteiger partial charge in [-0.2, -0.15) is 0 Å². The molecule has 0 spiro atoms. The molecule has 0 aromatic heterocycles. The fourth-order valence-corrected chi connectivity index (χ4v) is 3.75. The van der Waals surface area contributed by atoms with Gasteiger partial charge in [-0.05, 0) is 12.8 Å². The molecule has 0 unspecified atom stereocenters. The Kier molecular flexibility index (Phi) is 3.86. The smallest absolute Gasteiger partial charge is 0.0823 e. The lowest BCUT2D eigenvalue weighted by molar-refractivity contribution is 0.188. The first-order chi connectivity index (χ1) is 4.43. The predicted molar refractivity (Wildman–Crippen MR) is 43.5 cm³/mol. The number of thioether (sulfide) groups is 2. The molecule has 9 heavy (non-hydrogen) atoms. The van der Waals surface area contributed by atoms with Crippen molar-refractivity contribution in [3.63, 3.8) is 0 Å². The van der Waals surface area contributed by atoms with E-state index in [2.05, 4.69) is 0 Å². The molecule has 0 N–H and O–H groups in total. The van der Waals surface area contributed by atoms with E-state index in [0.29, 0.717) is 0 Å². The highest BCUT2D eigenvalue weighted by atomic mass is 32.2. The monoisotopic (exact) mass is 163 g/mol. The zero-order valence-electron chi connectivity index (χ0n) is 5.34. The average Bonchev–Trinajstić information content (AvgIpc) is 2.34. The molecule has 0 aromatic carbocycles. The minimum absolute atomic E-state index is 0.109. The van der Waals surface area contributed by atoms with E-state index >= 15 is 0 Å². The molecule has 1 radical (unpaired) electrons. The van der Waals surface area contributed by atoms with E-state index in [1.54, 1.807) is 0 Å². The largest absolute Gasteiger partial charge is 0.237 e. The van der Waals surface area contributed by atoms with Crippen molar-refractivity contribution in [2.75, 3.05) is 18.1 Å². The maximum Gasteiger partial charge on any atom is 0.0823 e. The van der Waals surface area contributed by atoms with E-state index in [1.807, 2.05) is 23.5 Å². The third kappa shape index (κ3) is 2.83. The molecule has 0 amide bonds. The molecule has 53 valence electrons. The second-order valence-corrected chi connectivity index (χ2v) is 4.94. The van der Waals surface area contributed by atoms with Crippen LogP contribution in [-0.2, 0) is 5.11 Å². The van der Waals surface area contributed by atoms with Crippen molar-refractivity contribution < 1.29 is 5.11 Å². The predicted octanol–water partition coefficient (Wildman–Crippen LogP) is 2.00. The first-order valence-electron chi connectivity index (χ1n) is 3.25. The summed E-state index contributed by atoms with van der Waals surface area (Å²) >= 11 is 4.01. The summed E-state index contributed by atoms with van der Waals surface area (Å²) in [6.45, 7) is 0.109. The van der Waals surface area contributed by atoms with Gasteiger partial charge in [-0.25, -0.2) is 5.11 Å². The van der Waals surface area contributed by atoms with Gasteiger partial charge in [-0.15, -0.1) is 23.5 Å². The summed E-state index contributed by atoms with van der Waals surface area (Å²) in [7, 11) is 0. The Labute approximate surface area is 64.6 Å². The van der Waals surface area contributed by atoms with Crippen molar-refractivity contribution in [2.24, 2.45) is 0 Å². The Morgan fingerprint density at radius 1 is 1.33 bits per heavy atom. The summed E-state index contributed by atoms with van der Waals surface area (Å²) in [6.07, 6.45) is 1.99. The lowest BCUT2D eigenvalue weighted by Gasteiger charge is -2.03. The normalized spacial score (nSPS) is 21.0. The van der Waals surface area contributed by atoms with E-state index < -0.39 is 0 Å². The van der Waals surface area contributed by atoms with Crippen LogP contribution >= 0.6 is 23.5 Å². The Morgan fingerprint density at radius 2 is 2.00 bits per heavy atom. The van der Waals surface area contributed by atoms with E-state index in [0.717, 1.165) is 17.4 Å². The highest BCUT2D eigenvalue weighted by Crippen LogP contribution is 2.34. The zero-order chi connectivity index (χ0) is 6.53. The van der Waals surface area contributed by atoms with Gasteiger partial charge in [0.05, 0.1) is 11.2 Å². The molecule has 1 heterocycles. The highest BCUT2D eigenvalue weighted by Gasteiger charge is 2.14. The molecular weight excluding hydrogens is 152 g/mol. The molecule has 0 aliphatic carbocycles. The van der Waals surface area contributed by atoms with Crippen LogP contribution in [0.2, 0.25) is 0 Å². The third-order valence-corrected chi connectivity index (χ3v) is 4.44. The maximum atomic E-state index is 10.1. The van der Waals surface area contributed by atoms with Gasteiger partial charge in [0.2, 0.25) is 0 Å². The molecule has 1 aliphatic rings. The second kappa shape index (κ2) is 4.47. The molecule has 0 aromatic rings. The van der Waals surface area contributed by atoms with Crippen LogP contribution in [0.25, 0.3) is 0 Å². The molecule has 1 aliphatic heterocycles. The first kappa shape index (κ1) is 7.76. The summed E-state index contributed by atoms with van der Waals surface area (Å²) < 4.78 is 0.749. The highest BCUT2D eigenvalue weighted by molar-refractivity contribution is 8.20. The van der Waals surface area contributed by atoms with Crippen molar-refractivity contribution in [1.29, 1.82) is 0 Å². The van der Waals surface area contributed by atoms with Crippen LogP contribution in [0.3, 0.4) is 0 Å². The van der Waals surface area contributed by atoms with Gasteiger partial charge in [0.1, 0.15) is 0 Å². The molecule has 0 atom stereocenters. The van der Waals surface area contributed by atoms with Crippen LogP contribution in [0.5, 0.6) is 0 Å². The molecule has 0 bridgehead atoms. The number of rotatable bonds is 3. The van der Waals surface area contributed by atoms with Crippen LogP contribution in [-0.4, -0.2) is 22.7 Å². The van der Waals surface area contributed by atoms with Gasteiger partial charge in [0.15, 0.2) is 0 Å². The molecule has 1 fully saturated rings. The molecule has 1 rings (SSSR count). The lowest BCUT2D eigenvalue weighted by atomic mass is 10.4. The van der Waals surface area contributed by atoms with Gasteiger partial charge < -0.3 is 0 Å². The summed E-state index contributed by atoms with van der Waals surface area (Å²) in [6, 6.07) is 0. The Morgan fingerprint density at radius 3 is 2.56 bits per heavy atom. The SMILES string of the molecule is [O]CCCC1SCCS1. The van der Waals surface area contributed by atoms with E-state index in [4.69, 9.17) is 0 Å². The Bertz CT molecular complexity index is 71.5.